The molecule has 5 heteroatoms. The normalized spacial score (nSPS) is 9.82. The van der Waals surface area contributed by atoms with Crippen LogP contribution in [-0.2, 0) is 15.3 Å². The fraction of sp³-hybridized carbons (Fsp3) is 0.417. The van der Waals surface area contributed by atoms with E-state index in [-0.39, 0.29) is 5.97 Å². The Morgan fingerprint density at radius 2 is 1.94 bits per heavy atom. The molecule has 0 spiro atoms. The summed E-state index contributed by atoms with van der Waals surface area (Å²) >= 11 is 1.53. The van der Waals surface area contributed by atoms with Crippen LogP contribution in [-0.4, -0.2) is 26.1 Å². The minimum absolute atomic E-state index is 0.259. The van der Waals surface area contributed by atoms with Gasteiger partial charge in [-0.05, 0) is 17.7 Å². The first-order valence-corrected chi connectivity index (χ1v) is 6.25. The van der Waals surface area contributed by atoms with Gasteiger partial charge in [0.05, 0.1) is 14.2 Å². The minimum Gasteiger partial charge on any atom is -0.493 e. The Morgan fingerprint density at radius 3 is 2.53 bits per heavy atom. The Labute approximate surface area is 105 Å². The lowest BCUT2D eigenvalue weighted by molar-refractivity contribution is -0.138. The summed E-state index contributed by atoms with van der Waals surface area (Å²) in [6.45, 7) is 1.40. The van der Waals surface area contributed by atoms with Crippen LogP contribution in [0.5, 0.6) is 11.5 Å². The number of carbonyl (C=O) groups is 1. The van der Waals surface area contributed by atoms with Gasteiger partial charge in [0.2, 0.25) is 0 Å². The van der Waals surface area contributed by atoms with E-state index in [0.717, 1.165) is 11.3 Å². The summed E-state index contributed by atoms with van der Waals surface area (Å²) in [4.78, 5) is 10.6. The molecule has 0 saturated heterocycles. The van der Waals surface area contributed by atoms with Crippen molar-refractivity contribution in [1.29, 1.82) is 0 Å². The van der Waals surface area contributed by atoms with Gasteiger partial charge in [-0.3, -0.25) is 4.79 Å². The number of methoxy groups -OCH3 is 2. The van der Waals surface area contributed by atoms with Crippen molar-refractivity contribution < 1.29 is 19.0 Å². The quantitative estimate of drug-likeness (QED) is 0.444. The van der Waals surface area contributed by atoms with Crippen LogP contribution in [0, 0.1) is 0 Å². The highest BCUT2D eigenvalue weighted by molar-refractivity contribution is 7.98. The van der Waals surface area contributed by atoms with Crippen LogP contribution in [0.15, 0.2) is 18.2 Å². The van der Waals surface area contributed by atoms with E-state index in [4.69, 9.17) is 14.2 Å². The maximum atomic E-state index is 10.6. The van der Waals surface area contributed by atoms with Gasteiger partial charge in [0.25, 0.3) is 0 Å². The van der Waals surface area contributed by atoms with Crippen molar-refractivity contribution in [3.8, 4) is 11.5 Å². The van der Waals surface area contributed by atoms with Gasteiger partial charge in [-0.1, -0.05) is 6.07 Å². The first-order valence-electron chi connectivity index (χ1n) is 5.09. The number of esters is 1. The molecule has 1 aromatic rings. The molecule has 1 rings (SSSR count). The van der Waals surface area contributed by atoms with Crippen molar-refractivity contribution in [2.75, 3.05) is 20.2 Å². The second kappa shape index (κ2) is 7.06. The molecule has 0 aromatic heterocycles. The van der Waals surface area contributed by atoms with E-state index in [1.807, 2.05) is 18.2 Å². The molecule has 0 saturated carbocycles. The van der Waals surface area contributed by atoms with Gasteiger partial charge in [0.15, 0.2) is 11.5 Å². The minimum atomic E-state index is -0.259. The topological polar surface area (TPSA) is 44.8 Å². The highest BCUT2D eigenvalue weighted by Gasteiger charge is 2.04. The predicted molar refractivity (Wildman–Crippen MR) is 67.5 cm³/mol. The molecule has 0 aliphatic heterocycles. The number of thioether (sulfide) groups is 1. The fourth-order valence-electron chi connectivity index (χ4n) is 1.25. The van der Waals surface area contributed by atoms with Crippen LogP contribution >= 0.6 is 11.8 Å². The average Bonchev–Trinajstić information content (AvgIpc) is 2.34. The van der Waals surface area contributed by atoms with Crippen molar-refractivity contribution in [2.45, 2.75) is 12.7 Å². The van der Waals surface area contributed by atoms with Crippen LogP contribution in [0.3, 0.4) is 0 Å². The van der Waals surface area contributed by atoms with Gasteiger partial charge in [-0.15, -0.1) is 11.8 Å². The molecule has 0 radical (unpaired) electrons. The van der Waals surface area contributed by atoms with Crippen LogP contribution in [0.25, 0.3) is 0 Å². The predicted octanol–water partition coefficient (Wildman–Crippen LogP) is 2.46. The van der Waals surface area contributed by atoms with E-state index in [1.165, 1.54) is 18.7 Å². The number of ether oxygens (including phenoxy) is 3. The smallest absolute Gasteiger partial charge is 0.303 e. The molecule has 0 amide bonds. The lowest BCUT2D eigenvalue weighted by atomic mass is 10.2. The van der Waals surface area contributed by atoms with Crippen molar-refractivity contribution in [3.63, 3.8) is 0 Å². The zero-order valence-electron chi connectivity index (χ0n) is 10.2. The molecule has 1 aromatic carbocycles. The lowest BCUT2D eigenvalue weighted by Crippen LogP contribution is -1.97. The van der Waals surface area contributed by atoms with Gasteiger partial charge >= 0.3 is 5.97 Å². The lowest BCUT2D eigenvalue weighted by Gasteiger charge is -2.09. The summed E-state index contributed by atoms with van der Waals surface area (Å²) in [5.41, 5.74) is 1.10. The number of hydrogen-bond acceptors (Lipinski definition) is 5. The summed E-state index contributed by atoms with van der Waals surface area (Å²) < 4.78 is 15.2. The van der Waals surface area contributed by atoms with Gasteiger partial charge in [-0.2, -0.15) is 0 Å². The molecular formula is C12H16O4S. The SMILES string of the molecule is COc1ccc(CSCOC(C)=O)cc1OC. The zero-order chi connectivity index (χ0) is 12.7. The van der Waals surface area contributed by atoms with Crippen LogP contribution in [0.1, 0.15) is 12.5 Å². The maximum Gasteiger partial charge on any atom is 0.303 e. The van der Waals surface area contributed by atoms with Crippen molar-refractivity contribution >= 4 is 17.7 Å². The summed E-state index contributed by atoms with van der Waals surface area (Å²) in [6.07, 6.45) is 0. The van der Waals surface area contributed by atoms with Crippen molar-refractivity contribution in [3.05, 3.63) is 23.8 Å². The molecule has 0 aliphatic carbocycles. The van der Waals surface area contributed by atoms with Crippen molar-refractivity contribution in [1.82, 2.24) is 0 Å². The molecule has 0 heterocycles. The molecule has 0 atom stereocenters. The van der Waals surface area contributed by atoms with Crippen LogP contribution in [0.4, 0.5) is 0 Å². The molecule has 0 unspecified atom stereocenters. The largest absolute Gasteiger partial charge is 0.493 e. The maximum absolute atomic E-state index is 10.6. The van der Waals surface area contributed by atoms with Gasteiger partial charge < -0.3 is 14.2 Å². The molecule has 0 aliphatic rings. The second-order valence-corrected chi connectivity index (χ2v) is 4.22. The molecule has 17 heavy (non-hydrogen) atoms. The van der Waals surface area contributed by atoms with E-state index in [0.29, 0.717) is 17.4 Å². The highest BCUT2D eigenvalue weighted by Crippen LogP contribution is 2.28. The monoisotopic (exact) mass is 256 g/mol. The first kappa shape index (κ1) is 13.7. The third-order valence-electron chi connectivity index (χ3n) is 2.06. The Hall–Kier alpha value is -1.36. The summed E-state index contributed by atoms with van der Waals surface area (Å²) in [6, 6.07) is 5.74. The van der Waals surface area contributed by atoms with Crippen LogP contribution in [0.2, 0.25) is 0 Å². The Balaban J connectivity index is 2.51. The van der Waals surface area contributed by atoms with E-state index >= 15 is 0 Å². The van der Waals surface area contributed by atoms with E-state index in [1.54, 1.807) is 14.2 Å². The van der Waals surface area contributed by atoms with Crippen LogP contribution < -0.4 is 9.47 Å². The van der Waals surface area contributed by atoms with Crippen molar-refractivity contribution in [2.24, 2.45) is 0 Å². The number of rotatable bonds is 6. The van der Waals surface area contributed by atoms with Gasteiger partial charge in [0.1, 0.15) is 5.94 Å². The summed E-state index contributed by atoms with van der Waals surface area (Å²) in [5.74, 6) is 2.28. The Kier molecular flexibility index (Phi) is 5.69. The van der Waals surface area contributed by atoms with E-state index in [2.05, 4.69) is 0 Å². The summed E-state index contributed by atoms with van der Waals surface area (Å²) in [5, 5.41) is 0. The Morgan fingerprint density at radius 1 is 1.24 bits per heavy atom. The first-order chi connectivity index (χ1) is 8.17. The third kappa shape index (κ3) is 4.56. The molecular weight excluding hydrogens is 240 g/mol. The van der Waals surface area contributed by atoms with Gasteiger partial charge in [-0.25, -0.2) is 0 Å². The fourth-order valence-corrected chi connectivity index (χ4v) is 2.00. The Bertz CT molecular complexity index is 379. The molecule has 94 valence electrons. The number of benzene rings is 1. The second-order valence-electron chi connectivity index (χ2n) is 3.29. The molecule has 4 nitrogen and oxygen atoms in total. The molecule has 0 N–H and O–H groups in total. The number of carbonyl (C=O) groups excluding carboxylic acids is 1. The summed E-state index contributed by atoms with van der Waals surface area (Å²) in [7, 11) is 3.21. The standard InChI is InChI=1S/C12H16O4S/c1-9(13)16-8-17-7-10-4-5-11(14-2)12(6-10)15-3/h4-6H,7-8H2,1-3H3. The average molecular weight is 256 g/mol. The van der Waals surface area contributed by atoms with E-state index in [9.17, 15) is 4.79 Å². The zero-order valence-corrected chi connectivity index (χ0v) is 11.0. The molecule has 0 bridgehead atoms. The van der Waals surface area contributed by atoms with Gasteiger partial charge in [0, 0.05) is 12.7 Å². The van der Waals surface area contributed by atoms with E-state index < -0.39 is 0 Å². The third-order valence-corrected chi connectivity index (χ3v) is 2.88. The highest BCUT2D eigenvalue weighted by atomic mass is 32.2. The number of hydrogen-bond donors (Lipinski definition) is 0. The molecule has 0 fully saturated rings.